The van der Waals surface area contributed by atoms with Crippen LogP contribution in [0.3, 0.4) is 0 Å². The summed E-state index contributed by atoms with van der Waals surface area (Å²) in [5.74, 6) is 0. The molecule has 0 saturated heterocycles. The van der Waals surface area contributed by atoms with E-state index in [1.807, 2.05) is 6.07 Å². The van der Waals surface area contributed by atoms with Gasteiger partial charge in [-0.05, 0) is 23.6 Å². The van der Waals surface area contributed by atoms with Crippen molar-refractivity contribution in [2.45, 2.75) is 4.90 Å². The van der Waals surface area contributed by atoms with E-state index in [4.69, 9.17) is 5.26 Å². The summed E-state index contributed by atoms with van der Waals surface area (Å²) < 4.78 is 27.2. The zero-order valence-electron chi connectivity index (χ0n) is 10.1. The van der Waals surface area contributed by atoms with Gasteiger partial charge in [-0.15, -0.1) is 11.3 Å². The number of hydrogen-bond acceptors (Lipinski definition) is 6. The van der Waals surface area contributed by atoms with E-state index in [0.717, 1.165) is 23.5 Å². The van der Waals surface area contributed by atoms with Crippen molar-refractivity contribution in [1.82, 2.24) is 0 Å². The molecule has 1 heterocycles. The van der Waals surface area contributed by atoms with Crippen molar-refractivity contribution in [1.29, 1.82) is 5.26 Å². The van der Waals surface area contributed by atoms with Gasteiger partial charge >= 0.3 is 0 Å². The van der Waals surface area contributed by atoms with Crippen LogP contribution in [0.15, 0.2) is 39.0 Å². The second-order valence-electron chi connectivity index (χ2n) is 3.75. The third kappa shape index (κ3) is 3.21. The Morgan fingerprint density at radius 3 is 2.71 bits per heavy atom. The molecule has 0 amide bonds. The lowest BCUT2D eigenvalue weighted by molar-refractivity contribution is -0.387. The van der Waals surface area contributed by atoms with E-state index in [-0.39, 0.29) is 10.6 Å². The summed E-state index contributed by atoms with van der Waals surface area (Å²) in [6, 6.07) is 6.91. The molecule has 2 aromatic rings. The fourth-order valence-corrected chi connectivity index (χ4v) is 4.29. The van der Waals surface area contributed by atoms with Gasteiger partial charge in [-0.3, -0.25) is 14.8 Å². The highest BCUT2D eigenvalue weighted by Crippen LogP contribution is 2.31. The lowest BCUT2D eigenvalue weighted by Gasteiger charge is -2.07. The molecule has 0 aliphatic rings. The normalized spacial score (nSPS) is 10.9. The zero-order chi connectivity index (χ0) is 15.6. The Bertz CT molecular complexity index is 855. The number of nitrogens with zero attached hydrogens (tertiary/aromatic N) is 2. The molecule has 10 heteroatoms. The lowest BCUT2D eigenvalue weighted by Crippen LogP contribution is -2.14. The molecule has 0 spiro atoms. The molecule has 1 N–H and O–H groups in total. The van der Waals surface area contributed by atoms with Gasteiger partial charge in [-0.2, -0.15) is 5.26 Å². The second-order valence-corrected chi connectivity index (χ2v) is 7.23. The Labute approximate surface area is 132 Å². The molecule has 1 aromatic carbocycles. The summed E-state index contributed by atoms with van der Waals surface area (Å²) in [4.78, 5) is 9.70. The molecule has 2 rings (SSSR count). The van der Waals surface area contributed by atoms with Crippen LogP contribution in [0.4, 0.5) is 10.7 Å². The first-order valence-corrected chi connectivity index (χ1v) is 8.45. The molecule has 0 saturated carbocycles. The minimum atomic E-state index is -4.18. The minimum Gasteiger partial charge on any atom is -0.269 e. The molecular weight excluding hydrogens is 382 g/mol. The largest absolute Gasteiger partial charge is 0.289 e. The maximum absolute atomic E-state index is 12.3. The average molecular weight is 388 g/mol. The molecule has 21 heavy (non-hydrogen) atoms. The molecule has 0 aliphatic heterocycles. The summed E-state index contributed by atoms with van der Waals surface area (Å²) in [5, 5.41) is 21.5. The van der Waals surface area contributed by atoms with Crippen LogP contribution in [0.5, 0.6) is 0 Å². The Hall–Kier alpha value is -1.96. The molecule has 108 valence electrons. The molecule has 0 radical (unpaired) electrons. The molecule has 0 bridgehead atoms. The van der Waals surface area contributed by atoms with E-state index in [1.54, 1.807) is 5.38 Å². The number of nitro benzene ring substituents is 1. The maximum Gasteiger partial charge on any atom is 0.289 e. The van der Waals surface area contributed by atoms with Crippen LogP contribution < -0.4 is 4.72 Å². The van der Waals surface area contributed by atoms with E-state index >= 15 is 0 Å². The zero-order valence-corrected chi connectivity index (χ0v) is 13.3. The summed E-state index contributed by atoms with van der Waals surface area (Å²) >= 11 is 4.10. The maximum atomic E-state index is 12.3. The standard InChI is InChI=1S/C11H6BrN3O4S2/c12-8-1-2-9(15(16)17)10(5-8)21(18,19)14-11-7(6-13)3-4-20-11/h1-5,14H. The highest BCUT2D eigenvalue weighted by Gasteiger charge is 2.27. The Balaban J connectivity index is 2.53. The number of sulfonamides is 1. The summed E-state index contributed by atoms with van der Waals surface area (Å²) in [5.41, 5.74) is -0.387. The number of anilines is 1. The van der Waals surface area contributed by atoms with E-state index in [9.17, 15) is 18.5 Å². The van der Waals surface area contributed by atoms with Crippen LogP contribution in [0.1, 0.15) is 5.56 Å². The molecular formula is C11H6BrN3O4S2. The predicted octanol–water partition coefficient (Wildman–Crippen LogP) is 3.09. The van der Waals surface area contributed by atoms with Gasteiger partial charge in [0, 0.05) is 10.5 Å². The number of thiophene rings is 1. The quantitative estimate of drug-likeness (QED) is 0.639. The van der Waals surface area contributed by atoms with Gasteiger partial charge < -0.3 is 0 Å². The molecule has 0 unspecified atom stereocenters. The molecule has 0 fully saturated rings. The number of nitriles is 1. The fourth-order valence-electron chi connectivity index (χ4n) is 1.51. The molecule has 0 atom stereocenters. The van der Waals surface area contributed by atoms with E-state index in [0.29, 0.717) is 4.47 Å². The lowest BCUT2D eigenvalue weighted by atomic mass is 10.3. The van der Waals surface area contributed by atoms with Gasteiger partial charge in [0.05, 0.1) is 10.5 Å². The van der Waals surface area contributed by atoms with Gasteiger partial charge in [0.15, 0.2) is 4.90 Å². The van der Waals surface area contributed by atoms with Gasteiger partial charge in [0.2, 0.25) is 0 Å². The van der Waals surface area contributed by atoms with Crippen LogP contribution in [0.2, 0.25) is 0 Å². The van der Waals surface area contributed by atoms with Crippen molar-refractivity contribution in [3.05, 3.63) is 49.8 Å². The van der Waals surface area contributed by atoms with Crippen molar-refractivity contribution in [3.63, 3.8) is 0 Å². The Morgan fingerprint density at radius 2 is 2.10 bits per heavy atom. The summed E-state index contributed by atoms with van der Waals surface area (Å²) in [6.07, 6.45) is 0. The number of hydrogen-bond donors (Lipinski definition) is 1. The van der Waals surface area contributed by atoms with Gasteiger partial charge in [0.1, 0.15) is 11.1 Å². The second kappa shape index (κ2) is 5.80. The molecule has 7 nitrogen and oxygen atoms in total. The third-order valence-electron chi connectivity index (χ3n) is 2.42. The van der Waals surface area contributed by atoms with Crippen LogP contribution >= 0.6 is 27.3 Å². The first-order chi connectivity index (χ1) is 9.85. The Morgan fingerprint density at radius 1 is 1.38 bits per heavy atom. The highest BCUT2D eigenvalue weighted by molar-refractivity contribution is 9.10. The van der Waals surface area contributed by atoms with E-state index < -0.39 is 25.5 Å². The smallest absolute Gasteiger partial charge is 0.269 e. The van der Waals surface area contributed by atoms with Crippen LogP contribution in [0, 0.1) is 21.4 Å². The van der Waals surface area contributed by atoms with Crippen LogP contribution in [0.25, 0.3) is 0 Å². The van der Waals surface area contributed by atoms with Crippen LogP contribution in [-0.4, -0.2) is 13.3 Å². The van der Waals surface area contributed by atoms with Crippen LogP contribution in [-0.2, 0) is 10.0 Å². The van der Waals surface area contributed by atoms with E-state index in [2.05, 4.69) is 20.7 Å². The number of rotatable bonds is 4. The predicted molar refractivity (Wildman–Crippen MR) is 80.6 cm³/mol. The molecule has 1 aromatic heterocycles. The highest BCUT2D eigenvalue weighted by atomic mass is 79.9. The van der Waals surface area contributed by atoms with Gasteiger partial charge in [0.25, 0.3) is 15.7 Å². The van der Waals surface area contributed by atoms with Crippen molar-refractivity contribution in [2.24, 2.45) is 0 Å². The number of nitro groups is 1. The first kappa shape index (κ1) is 15.4. The third-order valence-corrected chi connectivity index (χ3v) is 5.25. The Kier molecular flexibility index (Phi) is 4.26. The summed E-state index contributed by atoms with van der Waals surface area (Å²) in [6.45, 7) is 0. The average Bonchev–Trinajstić information content (AvgIpc) is 2.84. The topological polar surface area (TPSA) is 113 Å². The minimum absolute atomic E-state index is 0.117. The first-order valence-electron chi connectivity index (χ1n) is 5.29. The number of halogens is 1. The van der Waals surface area contributed by atoms with Gasteiger partial charge in [-0.25, -0.2) is 8.42 Å². The van der Waals surface area contributed by atoms with E-state index in [1.165, 1.54) is 12.1 Å². The number of nitrogens with one attached hydrogen (secondary N) is 1. The molecule has 0 aliphatic carbocycles. The number of benzene rings is 1. The fraction of sp³-hybridized carbons (Fsp3) is 0. The van der Waals surface area contributed by atoms with Crippen molar-refractivity contribution < 1.29 is 13.3 Å². The summed E-state index contributed by atoms with van der Waals surface area (Å²) in [7, 11) is -4.18. The van der Waals surface area contributed by atoms with Crippen molar-refractivity contribution in [2.75, 3.05) is 4.72 Å². The van der Waals surface area contributed by atoms with Crippen molar-refractivity contribution >= 4 is 48.0 Å². The van der Waals surface area contributed by atoms with Gasteiger partial charge in [-0.1, -0.05) is 15.9 Å². The SMILES string of the molecule is N#Cc1ccsc1NS(=O)(=O)c1cc(Br)ccc1[N+](=O)[O-]. The van der Waals surface area contributed by atoms with Crippen molar-refractivity contribution in [3.8, 4) is 6.07 Å². The monoisotopic (exact) mass is 387 g/mol.